The first-order chi connectivity index (χ1) is 8.91. The number of hydrogen-bond acceptors (Lipinski definition) is 4. The number of pyridine rings is 1. The Morgan fingerprint density at radius 1 is 1.47 bits per heavy atom. The number of rotatable bonds is 6. The number of hydrogen-bond donors (Lipinski definition) is 2. The lowest BCUT2D eigenvalue weighted by atomic mass is 10.2. The van der Waals surface area contributed by atoms with Crippen LogP contribution >= 0.6 is 15.9 Å². The third kappa shape index (κ3) is 4.86. The molecule has 1 rings (SSSR count). The number of carbonyl (C=O) groups excluding carboxylic acids is 1. The highest BCUT2D eigenvalue weighted by molar-refractivity contribution is 9.10. The maximum Gasteiger partial charge on any atom is 0.303 e. The van der Waals surface area contributed by atoms with Crippen molar-refractivity contribution in [3.8, 4) is 0 Å². The van der Waals surface area contributed by atoms with E-state index < -0.39 is 5.97 Å². The van der Waals surface area contributed by atoms with Gasteiger partial charge in [0.1, 0.15) is 5.82 Å². The van der Waals surface area contributed by atoms with Crippen molar-refractivity contribution in [1.82, 2.24) is 10.3 Å². The summed E-state index contributed by atoms with van der Waals surface area (Å²) in [6.45, 7) is 0.324. The lowest BCUT2D eigenvalue weighted by Gasteiger charge is -2.16. The maximum absolute atomic E-state index is 12.0. The quantitative estimate of drug-likeness (QED) is 0.773. The standard InChI is InChI=1S/C12H16BrN3O3/c1-16(2)11-9(6-8(13)7-15-11)12(19)14-5-3-4-10(17)18/h6-7H,3-5H2,1-2H3,(H,14,19)(H,17,18). The van der Waals surface area contributed by atoms with Crippen molar-refractivity contribution < 1.29 is 14.7 Å². The predicted octanol–water partition coefficient (Wildman–Crippen LogP) is 1.50. The fourth-order valence-corrected chi connectivity index (χ4v) is 1.82. The Morgan fingerprint density at radius 2 is 2.16 bits per heavy atom. The highest BCUT2D eigenvalue weighted by Gasteiger charge is 2.14. The van der Waals surface area contributed by atoms with E-state index in [1.165, 1.54) is 0 Å². The van der Waals surface area contributed by atoms with Crippen LogP contribution in [0.3, 0.4) is 0 Å². The molecule has 1 aromatic rings. The number of halogens is 1. The molecule has 0 aromatic carbocycles. The van der Waals surface area contributed by atoms with E-state index >= 15 is 0 Å². The second-order valence-corrected chi connectivity index (χ2v) is 5.09. The molecule has 1 aromatic heterocycles. The molecule has 0 aliphatic heterocycles. The zero-order valence-electron chi connectivity index (χ0n) is 10.8. The smallest absolute Gasteiger partial charge is 0.303 e. The van der Waals surface area contributed by atoms with Crippen LogP contribution < -0.4 is 10.2 Å². The second-order valence-electron chi connectivity index (χ2n) is 4.17. The van der Waals surface area contributed by atoms with E-state index in [2.05, 4.69) is 26.2 Å². The summed E-state index contributed by atoms with van der Waals surface area (Å²) < 4.78 is 0.716. The first-order valence-electron chi connectivity index (χ1n) is 5.74. The van der Waals surface area contributed by atoms with Crippen LogP contribution in [0.4, 0.5) is 5.82 Å². The highest BCUT2D eigenvalue weighted by Crippen LogP contribution is 2.19. The summed E-state index contributed by atoms with van der Waals surface area (Å²) in [7, 11) is 3.61. The van der Waals surface area contributed by atoms with Gasteiger partial charge in [-0.3, -0.25) is 9.59 Å². The molecule has 0 atom stereocenters. The number of amides is 1. The molecule has 104 valence electrons. The molecule has 0 bridgehead atoms. The molecule has 1 heterocycles. The number of anilines is 1. The van der Waals surface area contributed by atoms with Gasteiger partial charge in [-0.15, -0.1) is 0 Å². The van der Waals surface area contributed by atoms with Crippen LogP contribution in [0.25, 0.3) is 0 Å². The van der Waals surface area contributed by atoms with Crippen molar-refractivity contribution in [2.75, 3.05) is 25.5 Å². The lowest BCUT2D eigenvalue weighted by Crippen LogP contribution is -2.27. The molecule has 0 saturated carbocycles. The molecule has 2 N–H and O–H groups in total. The Bertz CT molecular complexity index is 477. The van der Waals surface area contributed by atoms with Crippen molar-refractivity contribution in [2.24, 2.45) is 0 Å². The van der Waals surface area contributed by atoms with Crippen LogP contribution in [-0.4, -0.2) is 42.6 Å². The number of nitrogens with one attached hydrogen (secondary N) is 1. The van der Waals surface area contributed by atoms with Crippen LogP contribution in [0.15, 0.2) is 16.7 Å². The van der Waals surface area contributed by atoms with Crippen LogP contribution in [0, 0.1) is 0 Å². The van der Waals surface area contributed by atoms with Crippen LogP contribution in [0.5, 0.6) is 0 Å². The molecule has 1 amide bonds. The Balaban J connectivity index is 2.70. The van der Waals surface area contributed by atoms with Gasteiger partial charge in [-0.1, -0.05) is 0 Å². The van der Waals surface area contributed by atoms with Crippen LogP contribution in [0.2, 0.25) is 0 Å². The number of aromatic nitrogens is 1. The monoisotopic (exact) mass is 329 g/mol. The average Bonchev–Trinajstić information content (AvgIpc) is 2.33. The molecule has 0 spiro atoms. The van der Waals surface area contributed by atoms with Gasteiger partial charge < -0.3 is 15.3 Å². The topological polar surface area (TPSA) is 82.5 Å². The second kappa shape index (κ2) is 7.08. The highest BCUT2D eigenvalue weighted by atomic mass is 79.9. The fourth-order valence-electron chi connectivity index (χ4n) is 1.49. The number of nitrogens with zero attached hydrogens (tertiary/aromatic N) is 2. The first kappa shape index (κ1) is 15.4. The fraction of sp³-hybridized carbons (Fsp3) is 0.417. The molecule has 19 heavy (non-hydrogen) atoms. The minimum absolute atomic E-state index is 0.0392. The molecule has 6 nitrogen and oxygen atoms in total. The van der Waals surface area contributed by atoms with E-state index in [0.29, 0.717) is 28.8 Å². The van der Waals surface area contributed by atoms with E-state index in [1.54, 1.807) is 31.3 Å². The molecular formula is C12H16BrN3O3. The zero-order valence-corrected chi connectivity index (χ0v) is 12.4. The Hall–Kier alpha value is -1.63. The Kier molecular flexibility index (Phi) is 5.75. The molecule has 0 unspecified atom stereocenters. The van der Waals surface area contributed by atoms with Crippen molar-refractivity contribution in [3.05, 3.63) is 22.3 Å². The number of carbonyl (C=O) groups is 2. The van der Waals surface area contributed by atoms with Crippen LogP contribution in [-0.2, 0) is 4.79 Å². The van der Waals surface area contributed by atoms with Gasteiger partial charge in [-0.05, 0) is 28.4 Å². The summed E-state index contributed by atoms with van der Waals surface area (Å²) in [4.78, 5) is 28.3. The van der Waals surface area contributed by atoms with E-state index in [4.69, 9.17) is 5.11 Å². The van der Waals surface area contributed by atoms with E-state index in [9.17, 15) is 9.59 Å². The number of aliphatic carboxylic acids is 1. The summed E-state index contributed by atoms with van der Waals surface area (Å²) >= 11 is 3.28. The van der Waals surface area contributed by atoms with Gasteiger partial charge in [0.25, 0.3) is 5.91 Å². The lowest BCUT2D eigenvalue weighted by molar-refractivity contribution is -0.137. The van der Waals surface area contributed by atoms with Crippen molar-refractivity contribution in [1.29, 1.82) is 0 Å². The molecule has 0 aliphatic rings. The zero-order chi connectivity index (χ0) is 14.4. The summed E-state index contributed by atoms with van der Waals surface area (Å²) in [6, 6.07) is 1.69. The van der Waals surface area contributed by atoms with Crippen molar-refractivity contribution in [2.45, 2.75) is 12.8 Å². The Morgan fingerprint density at radius 3 is 2.74 bits per heavy atom. The normalized spacial score (nSPS) is 10.1. The maximum atomic E-state index is 12.0. The van der Waals surface area contributed by atoms with E-state index in [0.717, 1.165) is 0 Å². The number of carboxylic acid groups (broad SMARTS) is 1. The summed E-state index contributed by atoms with van der Waals surface area (Å²) in [5, 5.41) is 11.2. The van der Waals surface area contributed by atoms with Gasteiger partial charge in [0, 0.05) is 37.7 Å². The largest absolute Gasteiger partial charge is 0.481 e. The van der Waals surface area contributed by atoms with Gasteiger partial charge in [-0.25, -0.2) is 4.98 Å². The predicted molar refractivity (Wildman–Crippen MR) is 75.5 cm³/mol. The van der Waals surface area contributed by atoms with Crippen molar-refractivity contribution >= 4 is 33.6 Å². The van der Waals surface area contributed by atoms with Gasteiger partial charge in [0.15, 0.2) is 0 Å². The van der Waals surface area contributed by atoms with Gasteiger partial charge in [0.2, 0.25) is 0 Å². The molecule has 7 heteroatoms. The summed E-state index contributed by atoms with van der Waals surface area (Å²) in [5.41, 5.74) is 0.453. The molecule has 0 fully saturated rings. The summed E-state index contributed by atoms with van der Waals surface area (Å²) in [5.74, 6) is -0.561. The number of carboxylic acids is 1. The third-order valence-corrected chi connectivity index (χ3v) is 2.79. The average molecular weight is 330 g/mol. The minimum Gasteiger partial charge on any atom is -0.481 e. The first-order valence-corrected chi connectivity index (χ1v) is 6.54. The third-order valence-electron chi connectivity index (χ3n) is 2.35. The Labute approximate surface area is 120 Å². The van der Waals surface area contributed by atoms with Gasteiger partial charge in [0.05, 0.1) is 5.56 Å². The van der Waals surface area contributed by atoms with Gasteiger partial charge >= 0.3 is 5.97 Å². The SMILES string of the molecule is CN(C)c1ncc(Br)cc1C(=O)NCCCC(=O)O. The van der Waals surface area contributed by atoms with Gasteiger partial charge in [-0.2, -0.15) is 0 Å². The molecule has 0 aliphatic carbocycles. The van der Waals surface area contributed by atoms with Crippen LogP contribution in [0.1, 0.15) is 23.2 Å². The van der Waals surface area contributed by atoms with E-state index in [1.807, 2.05) is 0 Å². The summed E-state index contributed by atoms with van der Waals surface area (Å²) in [6.07, 6.45) is 2.06. The molecule has 0 saturated heterocycles. The molecule has 0 radical (unpaired) electrons. The van der Waals surface area contributed by atoms with Crippen molar-refractivity contribution in [3.63, 3.8) is 0 Å². The van der Waals surface area contributed by atoms with E-state index in [-0.39, 0.29) is 12.3 Å². The molecular weight excluding hydrogens is 314 g/mol. The minimum atomic E-state index is -0.868.